The molecule has 6 nitrogen and oxygen atoms in total. The van der Waals surface area contributed by atoms with Crippen LogP contribution in [0.2, 0.25) is 0 Å². The van der Waals surface area contributed by atoms with Crippen molar-refractivity contribution in [2.45, 2.75) is 43.7 Å². The van der Waals surface area contributed by atoms with Gasteiger partial charge in [0.1, 0.15) is 5.82 Å². The summed E-state index contributed by atoms with van der Waals surface area (Å²) in [6.45, 7) is 3.98. The number of carbonyl (C=O) groups excluding carboxylic acids is 1. The Balaban J connectivity index is 1.79. The number of sulfonamides is 1. The van der Waals surface area contributed by atoms with Gasteiger partial charge >= 0.3 is 0 Å². The molecule has 1 amide bonds. The smallest absolute Gasteiger partial charge is 0.254 e. The third kappa shape index (κ3) is 5.94. The number of likely N-dealkylation sites (N-methyl/N-ethyl adjacent to an activating group) is 1. The Morgan fingerprint density at radius 1 is 1.03 bits per heavy atom. The van der Waals surface area contributed by atoms with E-state index in [1.165, 1.54) is 24.3 Å². The van der Waals surface area contributed by atoms with Gasteiger partial charge in [-0.1, -0.05) is 18.6 Å². The molecule has 0 spiro atoms. The summed E-state index contributed by atoms with van der Waals surface area (Å²) in [5.41, 5.74) is 1.26. The molecule has 2 aromatic rings. The minimum Gasteiger partial charge on any atom is -0.333 e. The van der Waals surface area contributed by atoms with Gasteiger partial charge in [-0.3, -0.25) is 4.79 Å². The highest BCUT2D eigenvalue weighted by atomic mass is 32.2. The van der Waals surface area contributed by atoms with E-state index in [1.807, 2.05) is 25.9 Å². The maximum absolute atomic E-state index is 13.3. The Morgan fingerprint density at radius 3 is 2.28 bits per heavy atom. The van der Waals surface area contributed by atoms with E-state index in [0.717, 1.165) is 24.8 Å². The number of amides is 1. The lowest BCUT2D eigenvalue weighted by molar-refractivity contribution is 0.0732. The highest BCUT2D eigenvalue weighted by Crippen LogP contribution is 2.25. The molecule has 0 N–H and O–H groups in total. The van der Waals surface area contributed by atoms with Crippen molar-refractivity contribution in [2.24, 2.45) is 0 Å². The van der Waals surface area contributed by atoms with Crippen LogP contribution in [0.3, 0.4) is 0 Å². The van der Waals surface area contributed by atoms with Gasteiger partial charge in [0.25, 0.3) is 5.91 Å². The molecule has 1 atom stereocenters. The van der Waals surface area contributed by atoms with Crippen molar-refractivity contribution in [1.29, 1.82) is 0 Å². The maximum atomic E-state index is 13.3. The van der Waals surface area contributed by atoms with Crippen LogP contribution in [-0.4, -0.2) is 68.2 Å². The van der Waals surface area contributed by atoms with Gasteiger partial charge in [0.05, 0.1) is 4.90 Å². The number of benzene rings is 2. The van der Waals surface area contributed by atoms with Gasteiger partial charge in [-0.25, -0.2) is 12.8 Å². The van der Waals surface area contributed by atoms with Gasteiger partial charge in [0.15, 0.2) is 0 Å². The lowest BCUT2D eigenvalue weighted by Crippen LogP contribution is -2.41. The molecule has 0 saturated carbocycles. The number of halogens is 1. The van der Waals surface area contributed by atoms with Crippen LogP contribution in [0.1, 0.15) is 42.1 Å². The number of piperidine rings is 1. The van der Waals surface area contributed by atoms with E-state index in [4.69, 9.17) is 0 Å². The third-order valence-corrected chi connectivity index (χ3v) is 7.87. The summed E-state index contributed by atoms with van der Waals surface area (Å²) in [7, 11) is 0.283. The highest BCUT2D eigenvalue weighted by Gasteiger charge is 2.31. The summed E-state index contributed by atoms with van der Waals surface area (Å²) in [6, 6.07) is 12.3. The fourth-order valence-corrected chi connectivity index (χ4v) is 5.60. The molecule has 1 heterocycles. The molecule has 2 aromatic carbocycles. The topological polar surface area (TPSA) is 60.9 Å². The van der Waals surface area contributed by atoms with E-state index in [-0.39, 0.29) is 22.7 Å². The number of hydrogen-bond acceptors (Lipinski definition) is 4. The molecule has 0 aliphatic carbocycles. The molecule has 1 fully saturated rings. The first-order valence-electron chi connectivity index (χ1n) is 11.0. The van der Waals surface area contributed by atoms with Gasteiger partial charge in [-0.15, -0.1) is 0 Å². The van der Waals surface area contributed by atoms with Crippen LogP contribution in [-0.2, 0) is 16.6 Å². The van der Waals surface area contributed by atoms with Crippen LogP contribution in [0.4, 0.5) is 4.39 Å². The Bertz CT molecular complexity index is 1010. The average Bonchev–Trinajstić information content (AvgIpc) is 2.77. The molecule has 0 radical (unpaired) electrons. The molecule has 1 unspecified atom stereocenters. The van der Waals surface area contributed by atoms with E-state index in [1.54, 1.807) is 33.5 Å². The van der Waals surface area contributed by atoms with E-state index < -0.39 is 10.0 Å². The molecule has 1 saturated heterocycles. The zero-order valence-electron chi connectivity index (χ0n) is 19.0. The quantitative estimate of drug-likeness (QED) is 0.603. The van der Waals surface area contributed by atoms with Crippen LogP contribution < -0.4 is 0 Å². The maximum Gasteiger partial charge on any atom is 0.254 e. The Labute approximate surface area is 190 Å². The summed E-state index contributed by atoms with van der Waals surface area (Å²) in [5, 5.41) is 0. The predicted molar refractivity (Wildman–Crippen MR) is 123 cm³/mol. The number of rotatable bonds is 8. The van der Waals surface area contributed by atoms with Crippen molar-refractivity contribution in [3.05, 3.63) is 65.5 Å². The third-order valence-electron chi connectivity index (χ3n) is 5.84. The normalized spacial score (nSPS) is 17.5. The summed E-state index contributed by atoms with van der Waals surface area (Å²) in [5.74, 6) is -0.508. The second-order valence-corrected chi connectivity index (χ2v) is 10.5. The number of hydrogen-bond donors (Lipinski definition) is 0. The van der Waals surface area contributed by atoms with Crippen molar-refractivity contribution in [2.75, 3.05) is 33.7 Å². The SMILES string of the molecule is CC1CCCCN1S(=O)(=O)c1ccc(C(=O)N(CCN(C)C)Cc2ccc(F)cc2)cc1. The zero-order valence-corrected chi connectivity index (χ0v) is 19.8. The summed E-state index contributed by atoms with van der Waals surface area (Å²) in [6.07, 6.45) is 2.77. The lowest BCUT2D eigenvalue weighted by Gasteiger charge is -2.32. The lowest BCUT2D eigenvalue weighted by atomic mass is 10.1. The van der Waals surface area contributed by atoms with Crippen LogP contribution in [0.25, 0.3) is 0 Å². The highest BCUT2D eigenvalue weighted by molar-refractivity contribution is 7.89. The van der Waals surface area contributed by atoms with E-state index in [2.05, 4.69) is 0 Å². The molecule has 32 heavy (non-hydrogen) atoms. The van der Waals surface area contributed by atoms with Crippen LogP contribution >= 0.6 is 0 Å². The Hall–Kier alpha value is -2.29. The summed E-state index contributed by atoms with van der Waals surface area (Å²) < 4.78 is 40.9. The van der Waals surface area contributed by atoms with E-state index in [9.17, 15) is 17.6 Å². The zero-order chi connectivity index (χ0) is 23.3. The number of carbonyl (C=O) groups is 1. The van der Waals surface area contributed by atoms with Gasteiger partial charge in [0.2, 0.25) is 10.0 Å². The first kappa shape index (κ1) is 24.4. The van der Waals surface area contributed by atoms with E-state index >= 15 is 0 Å². The second-order valence-electron chi connectivity index (χ2n) is 8.64. The Morgan fingerprint density at radius 2 is 1.69 bits per heavy atom. The minimum absolute atomic E-state index is 0.0210. The first-order valence-corrected chi connectivity index (χ1v) is 12.4. The largest absolute Gasteiger partial charge is 0.333 e. The minimum atomic E-state index is -3.58. The van der Waals surface area contributed by atoms with Crippen molar-refractivity contribution in [3.63, 3.8) is 0 Å². The van der Waals surface area contributed by atoms with Crippen LogP contribution in [0.15, 0.2) is 53.4 Å². The molecule has 1 aliphatic heterocycles. The molecular formula is C24H32FN3O3S. The van der Waals surface area contributed by atoms with Crippen molar-refractivity contribution >= 4 is 15.9 Å². The molecule has 1 aliphatic rings. The van der Waals surface area contributed by atoms with Gasteiger partial charge in [0, 0.05) is 37.8 Å². The van der Waals surface area contributed by atoms with Gasteiger partial charge in [-0.05, 0) is 75.8 Å². The van der Waals surface area contributed by atoms with Gasteiger partial charge in [-0.2, -0.15) is 4.31 Å². The summed E-state index contributed by atoms with van der Waals surface area (Å²) in [4.78, 5) is 17.1. The molecule has 174 valence electrons. The molecule has 3 rings (SSSR count). The first-order chi connectivity index (χ1) is 15.2. The number of nitrogens with zero attached hydrogens (tertiary/aromatic N) is 3. The molecule has 0 bridgehead atoms. The van der Waals surface area contributed by atoms with Gasteiger partial charge < -0.3 is 9.80 Å². The second kappa shape index (κ2) is 10.6. The van der Waals surface area contributed by atoms with Crippen molar-refractivity contribution < 1.29 is 17.6 Å². The van der Waals surface area contributed by atoms with E-state index in [0.29, 0.717) is 31.7 Å². The Kier molecular flexibility index (Phi) is 8.03. The molecule has 8 heteroatoms. The molecule has 0 aromatic heterocycles. The van der Waals surface area contributed by atoms with Crippen LogP contribution in [0.5, 0.6) is 0 Å². The fraction of sp³-hybridized carbons (Fsp3) is 0.458. The van der Waals surface area contributed by atoms with Crippen LogP contribution in [0, 0.1) is 5.82 Å². The average molecular weight is 462 g/mol. The monoisotopic (exact) mass is 461 g/mol. The summed E-state index contributed by atoms with van der Waals surface area (Å²) >= 11 is 0. The van der Waals surface area contributed by atoms with Crippen molar-refractivity contribution in [1.82, 2.24) is 14.1 Å². The molecular weight excluding hydrogens is 429 g/mol. The predicted octanol–water partition coefficient (Wildman–Crippen LogP) is 3.59. The fourth-order valence-electron chi connectivity index (χ4n) is 3.90. The standard InChI is InChI=1S/C24H32FN3O3S/c1-19-6-4-5-15-28(19)32(30,31)23-13-9-21(10-14-23)24(29)27(17-16-26(2)3)18-20-7-11-22(25)12-8-20/h7-14,19H,4-6,15-18H2,1-3H3. The van der Waals surface area contributed by atoms with Crippen molar-refractivity contribution in [3.8, 4) is 0 Å².